The van der Waals surface area contributed by atoms with E-state index in [0.29, 0.717) is 22.4 Å². The Balaban J connectivity index is 1.71. The number of nitrogens with two attached hydrogens (primary N) is 1. The van der Waals surface area contributed by atoms with Crippen molar-refractivity contribution < 1.29 is 32.4 Å². The zero-order valence-electron chi connectivity index (χ0n) is 14.5. The predicted molar refractivity (Wildman–Crippen MR) is 105 cm³/mol. The van der Waals surface area contributed by atoms with Gasteiger partial charge in [0.2, 0.25) is 21.7 Å². The molecule has 2 fully saturated rings. The van der Waals surface area contributed by atoms with Crippen LogP contribution in [-0.4, -0.2) is 53.6 Å². The molecular formula is C16H13N3O7S3. The average molecular weight is 455 g/mol. The van der Waals surface area contributed by atoms with Gasteiger partial charge in [-0.1, -0.05) is 11.8 Å². The fourth-order valence-corrected chi connectivity index (χ4v) is 4.76. The van der Waals surface area contributed by atoms with Crippen LogP contribution in [0, 0.1) is 0 Å². The predicted octanol–water partition coefficient (Wildman–Crippen LogP) is 0.455. The molecule has 0 bridgehead atoms. The number of benzene rings is 1. The molecule has 152 valence electrons. The highest BCUT2D eigenvalue weighted by molar-refractivity contribution is 8.18. The minimum atomic E-state index is -3.88. The number of carbonyl (C=O) groups excluding carboxylic acids is 5. The van der Waals surface area contributed by atoms with Gasteiger partial charge in [-0.15, -0.1) is 0 Å². The molecule has 2 aliphatic heterocycles. The van der Waals surface area contributed by atoms with Crippen molar-refractivity contribution in [3.8, 4) is 0 Å². The van der Waals surface area contributed by atoms with Crippen molar-refractivity contribution in [2.75, 3.05) is 17.6 Å². The van der Waals surface area contributed by atoms with Gasteiger partial charge >= 0.3 is 0 Å². The van der Waals surface area contributed by atoms with E-state index in [1.54, 1.807) is 0 Å². The van der Waals surface area contributed by atoms with Gasteiger partial charge in [0.25, 0.3) is 16.3 Å². The third-order valence-corrected chi connectivity index (χ3v) is 6.74. The molecule has 3 rings (SSSR count). The van der Waals surface area contributed by atoms with E-state index >= 15 is 0 Å². The molecule has 0 spiro atoms. The fraction of sp³-hybridized carbons (Fsp3) is 0.188. The third-order valence-electron chi connectivity index (χ3n) is 3.94. The quantitative estimate of drug-likeness (QED) is 0.485. The first kappa shape index (κ1) is 21.2. The second-order valence-electron chi connectivity index (χ2n) is 5.90. The van der Waals surface area contributed by atoms with Gasteiger partial charge in [-0.3, -0.25) is 28.9 Å². The van der Waals surface area contributed by atoms with E-state index in [4.69, 9.17) is 5.14 Å². The summed E-state index contributed by atoms with van der Waals surface area (Å²) < 4.78 is 22.5. The first-order valence-corrected chi connectivity index (χ1v) is 11.3. The van der Waals surface area contributed by atoms with Crippen molar-refractivity contribution in [1.29, 1.82) is 0 Å². The zero-order chi connectivity index (χ0) is 21.3. The van der Waals surface area contributed by atoms with Gasteiger partial charge in [-0.2, -0.15) is 0 Å². The van der Waals surface area contributed by atoms with Crippen molar-refractivity contribution >= 4 is 67.2 Å². The molecule has 29 heavy (non-hydrogen) atoms. The van der Waals surface area contributed by atoms with Crippen LogP contribution in [0.5, 0.6) is 0 Å². The number of rotatable bonds is 4. The van der Waals surface area contributed by atoms with Gasteiger partial charge in [0.15, 0.2) is 0 Å². The monoisotopic (exact) mass is 455 g/mol. The van der Waals surface area contributed by atoms with Gasteiger partial charge in [0.1, 0.15) is 6.54 Å². The lowest BCUT2D eigenvalue weighted by atomic mass is 10.1. The lowest BCUT2D eigenvalue weighted by Gasteiger charge is -2.14. The number of ketones is 1. The summed E-state index contributed by atoms with van der Waals surface area (Å²) in [6, 6.07) is 4.99. The van der Waals surface area contributed by atoms with E-state index in [1.165, 1.54) is 24.3 Å². The Morgan fingerprint density at radius 3 is 2.41 bits per heavy atom. The van der Waals surface area contributed by atoms with Crippen LogP contribution in [0.1, 0.15) is 6.42 Å². The number of Topliss-reactive ketones (excluding diaryl/α,β-unsaturated/α-hetero) is 1. The molecule has 0 atom stereocenters. The maximum absolute atomic E-state index is 12.5. The Kier molecular flexibility index (Phi) is 5.93. The van der Waals surface area contributed by atoms with Crippen molar-refractivity contribution in [2.24, 2.45) is 5.14 Å². The molecule has 2 heterocycles. The molecule has 0 radical (unpaired) electrons. The highest BCUT2D eigenvalue weighted by atomic mass is 32.2. The number of sulfonamides is 1. The van der Waals surface area contributed by atoms with E-state index in [1.807, 2.05) is 0 Å². The van der Waals surface area contributed by atoms with E-state index in [-0.39, 0.29) is 27.5 Å². The maximum Gasteiger partial charge on any atom is 0.294 e. The van der Waals surface area contributed by atoms with E-state index < -0.39 is 44.5 Å². The summed E-state index contributed by atoms with van der Waals surface area (Å²) in [5.41, 5.74) is 0.233. The molecule has 0 unspecified atom stereocenters. The molecular weight excluding hydrogens is 442 g/mol. The molecule has 3 amide bonds. The first-order valence-electron chi connectivity index (χ1n) is 7.99. The molecule has 13 heteroatoms. The van der Waals surface area contributed by atoms with E-state index in [2.05, 4.69) is 5.32 Å². The standard InChI is InChI=1S/C16H13N3O7S3/c17-29(25,26)9-3-1-8(2-4-9)18-11(20)7-19-14(22)13(28-16(19)24)10-5-6-27-15(23)12(10)21/h1-4H,5-7H2,(H,18,20)(H2,17,25,26). The molecule has 1 aromatic rings. The SMILES string of the molecule is NS(=O)(=O)c1ccc(NC(=O)CN2C(=O)SC(=C3CCSC(=O)C3=O)C2=O)cc1. The summed E-state index contributed by atoms with van der Waals surface area (Å²) in [5.74, 6) is -1.97. The number of hydrogen-bond acceptors (Lipinski definition) is 9. The Hall–Kier alpha value is -2.48. The average Bonchev–Trinajstić information content (AvgIpc) is 2.92. The van der Waals surface area contributed by atoms with Crippen LogP contribution < -0.4 is 10.5 Å². The van der Waals surface area contributed by atoms with Gasteiger partial charge in [0.05, 0.1) is 9.80 Å². The van der Waals surface area contributed by atoms with Crippen LogP contribution >= 0.6 is 23.5 Å². The summed E-state index contributed by atoms with van der Waals surface area (Å²) in [5, 5.41) is 6.01. The molecule has 3 N–H and O–H groups in total. The normalized spacial score (nSPS) is 20.4. The molecule has 10 nitrogen and oxygen atoms in total. The maximum atomic E-state index is 12.5. The van der Waals surface area contributed by atoms with Crippen molar-refractivity contribution in [3.05, 3.63) is 34.7 Å². The molecule has 0 aliphatic carbocycles. The second kappa shape index (κ2) is 8.10. The topological polar surface area (TPSA) is 161 Å². The highest BCUT2D eigenvalue weighted by Gasteiger charge is 2.41. The fourth-order valence-electron chi connectivity index (χ4n) is 2.56. The van der Waals surface area contributed by atoms with Gasteiger partial charge < -0.3 is 5.32 Å². The highest BCUT2D eigenvalue weighted by Crippen LogP contribution is 2.36. The van der Waals surface area contributed by atoms with E-state index in [0.717, 1.165) is 11.8 Å². The largest absolute Gasteiger partial charge is 0.325 e. The number of nitrogens with zero attached hydrogens (tertiary/aromatic N) is 1. The summed E-state index contributed by atoms with van der Waals surface area (Å²) in [6.07, 6.45) is 0.188. The number of allylic oxidation sites excluding steroid dienone is 1. The smallest absolute Gasteiger partial charge is 0.294 e. The van der Waals surface area contributed by atoms with Crippen LogP contribution in [0.15, 0.2) is 39.6 Å². The Labute approximate surface area is 173 Å². The van der Waals surface area contributed by atoms with Crippen molar-refractivity contribution in [1.82, 2.24) is 4.90 Å². The third kappa shape index (κ3) is 4.58. The number of imide groups is 1. The van der Waals surface area contributed by atoms with Crippen LogP contribution in [0.25, 0.3) is 0 Å². The summed E-state index contributed by atoms with van der Waals surface area (Å²) in [6.45, 7) is -0.602. The zero-order valence-corrected chi connectivity index (χ0v) is 17.0. The number of amides is 3. The number of anilines is 1. The molecule has 1 aromatic carbocycles. The van der Waals surface area contributed by atoms with Gasteiger partial charge in [-0.25, -0.2) is 13.6 Å². The Morgan fingerprint density at radius 2 is 1.79 bits per heavy atom. The van der Waals surface area contributed by atoms with Gasteiger partial charge in [-0.05, 0) is 42.4 Å². The molecule has 2 aliphatic rings. The number of nitrogens with one attached hydrogen (secondary N) is 1. The van der Waals surface area contributed by atoms with Crippen molar-refractivity contribution in [3.63, 3.8) is 0 Å². The molecule has 0 aromatic heterocycles. The lowest BCUT2D eigenvalue weighted by Crippen LogP contribution is -2.36. The van der Waals surface area contributed by atoms with Crippen LogP contribution in [0.3, 0.4) is 0 Å². The van der Waals surface area contributed by atoms with Gasteiger partial charge in [0, 0.05) is 17.0 Å². The lowest BCUT2D eigenvalue weighted by molar-refractivity contribution is -0.130. The van der Waals surface area contributed by atoms with Crippen LogP contribution in [-0.2, 0) is 29.2 Å². The second-order valence-corrected chi connectivity index (χ2v) is 9.49. The minimum absolute atomic E-state index is 0.00130. The number of thioether (sulfide) groups is 2. The van der Waals surface area contributed by atoms with Crippen LogP contribution in [0.4, 0.5) is 10.5 Å². The molecule has 0 saturated carbocycles. The first-order chi connectivity index (χ1) is 13.6. The minimum Gasteiger partial charge on any atom is -0.325 e. The van der Waals surface area contributed by atoms with Crippen LogP contribution in [0.2, 0.25) is 0 Å². The molecule has 2 saturated heterocycles. The Bertz CT molecular complexity index is 1080. The number of hydrogen-bond donors (Lipinski definition) is 2. The summed E-state index contributed by atoms with van der Waals surface area (Å²) >= 11 is 1.38. The summed E-state index contributed by atoms with van der Waals surface area (Å²) in [7, 11) is -3.88. The Morgan fingerprint density at radius 1 is 1.14 bits per heavy atom. The van der Waals surface area contributed by atoms with E-state index in [9.17, 15) is 32.4 Å². The number of carbonyl (C=O) groups is 5. The van der Waals surface area contributed by atoms with Crippen molar-refractivity contribution in [2.45, 2.75) is 11.3 Å². The number of primary sulfonamides is 1. The summed E-state index contributed by atoms with van der Waals surface area (Å²) in [4.78, 5) is 60.8.